The first-order valence-corrected chi connectivity index (χ1v) is 9.41. The van der Waals surface area contributed by atoms with Crippen LogP contribution in [0.25, 0.3) is 0 Å². The average molecular weight is 342 g/mol. The normalized spacial score (nSPS) is 11.9. The second-order valence-corrected chi connectivity index (χ2v) is 6.51. The molecule has 0 aromatic heterocycles. The van der Waals surface area contributed by atoms with Gasteiger partial charge in [-0.15, -0.1) is 0 Å². The van der Waals surface area contributed by atoms with Crippen molar-refractivity contribution in [2.75, 3.05) is 0 Å². The van der Waals surface area contributed by atoms with Crippen LogP contribution in [0.4, 0.5) is 0 Å². The van der Waals surface area contributed by atoms with Crippen LogP contribution in [0.5, 0.6) is 0 Å². The Balaban J connectivity index is 3.92. The maximum absolute atomic E-state index is 11.9. The van der Waals surface area contributed by atoms with Crippen molar-refractivity contribution in [3.63, 3.8) is 0 Å². The van der Waals surface area contributed by atoms with Gasteiger partial charge in [-0.3, -0.25) is 14.4 Å². The zero-order valence-electron chi connectivity index (χ0n) is 15.3. The molecule has 0 saturated carbocycles. The number of hydrogen-bond acceptors (Lipinski definition) is 4. The van der Waals surface area contributed by atoms with Gasteiger partial charge in [0, 0.05) is 13.3 Å². The summed E-state index contributed by atoms with van der Waals surface area (Å²) in [6.45, 7) is 3.43. The molecule has 0 aliphatic heterocycles. The van der Waals surface area contributed by atoms with Crippen LogP contribution in [0.3, 0.4) is 0 Å². The maximum atomic E-state index is 11.9. The predicted octanol–water partition coefficient (Wildman–Crippen LogP) is 4.87. The van der Waals surface area contributed by atoms with Gasteiger partial charge in [0.05, 0.1) is 5.92 Å². The summed E-state index contributed by atoms with van der Waals surface area (Å²) in [5.74, 6) is -2.34. The molecular weight excluding hydrogens is 308 g/mol. The fourth-order valence-electron chi connectivity index (χ4n) is 2.81. The zero-order valence-corrected chi connectivity index (χ0v) is 15.3. The predicted molar refractivity (Wildman–Crippen MR) is 93.6 cm³/mol. The molecule has 0 radical (unpaired) electrons. The molecular formula is C19H34O5. The van der Waals surface area contributed by atoms with E-state index in [0.29, 0.717) is 19.3 Å². The average Bonchev–Trinajstić information content (AvgIpc) is 2.50. The lowest BCUT2D eigenvalue weighted by molar-refractivity contribution is -0.161. The molecule has 140 valence electrons. The summed E-state index contributed by atoms with van der Waals surface area (Å²) in [7, 11) is 0. The number of unbranched alkanes of at least 4 members (excludes halogenated alkanes) is 8. The summed E-state index contributed by atoms with van der Waals surface area (Å²) in [5.41, 5.74) is 0. The number of rotatable bonds is 15. The van der Waals surface area contributed by atoms with Gasteiger partial charge in [0.1, 0.15) is 0 Å². The summed E-state index contributed by atoms with van der Waals surface area (Å²) in [4.78, 5) is 33.4. The molecule has 1 atom stereocenters. The zero-order chi connectivity index (χ0) is 18.2. The molecule has 24 heavy (non-hydrogen) atoms. The summed E-state index contributed by atoms with van der Waals surface area (Å²) in [6, 6.07) is 0. The van der Waals surface area contributed by atoms with E-state index in [1.807, 2.05) is 0 Å². The van der Waals surface area contributed by atoms with Gasteiger partial charge in [-0.1, -0.05) is 64.7 Å². The van der Waals surface area contributed by atoms with Crippen LogP contribution >= 0.6 is 0 Å². The summed E-state index contributed by atoms with van der Waals surface area (Å²) >= 11 is 0. The molecule has 1 unspecified atom stereocenters. The van der Waals surface area contributed by atoms with Crippen LogP contribution in [0.15, 0.2) is 0 Å². The van der Waals surface area contributed by atoms with Crippen LogP contribution in [-0.2, 0) is 19.1 Å². The minimum Gasteiger partial charge on any atom is -0.481 e. The van der Waals surface area contributed by atoms with Gasteiger partial charge < -0.3 is 9.84 Å². The molecule has 0 aromatic rings. The fourth-order valence-corrected chi connectivity index (χ4v) is 2.81. The first kappa shape index (κ1) is 22.6. The quantitative estimate of drug-likeness (QED) is 0.261. The Hall–Kier alpha value is -1.39. The van der Waals surface area contributed by atoms with Crippen molar-refractivity contribution < 1.29 is 24.2 Å². The van der Waals surface area contributed by atoms with Crippen LogP contribution in [0.1, 0.15) is 97.3 Å². The molecule has 0 aliphatic carbocycles. The molecule has 0 rings (SSSR count). The molecule has 0 spiro atoms. The first-order chi connectivity index (χ1) is 11.5. The number of hydrogen-bond donors (Lipinski definition) is 1. The largest absolute Gasteiger partial charge is 0.481 e. The SMILES string of the molecule is CCCCCCCCCCCC(CCCC(=O)O)C(=O)OC(C)=O. The van der Waals surface area contributed by atoms with Crippen molar-refractivity contribution in [2.45, 2.75) is 97.3 Å². The van der Waals surface area contributed by atoms with E-state index < -0.39 is 17.9 Å². The standard InChI is InChI=1S/C19H34O5/c1-3-4-5-6-7-8-9-10-11-13-17(14-12-15-18(21)22)19(23)24-16(2)20/h17H,3-15H2,1-2H3,(H,21,22). The maximum Gasteiger partial charge on any atom is 0.316 e. The molecule has 0 aliphatic rings. The Morgan fingerprint density at radius 3 is 1.83 bits per heavy atom. The van der Waals surface area contributed by atoms with Crippen molar-refractivity contribution in [3.05, 3.63) is 0 Å². The highest BCUT2D eigenvalue weighted by Gasteiger charge is 2.21. The monoisotopic (exact) mass is 342 g/mol. The molecule has 5 heteroatoms. The van der Waals surface area contributed by atoms with Gasteiger partial charge in [0.2, 0.25) is 0 Å². The highest BCUT2D eigenvalue weighted by atomic mass is 16.6. The van der Waals surface area contributed by atoms with E-state index in [-0.39, 0.29) is 12.3 Å². The fraction of sp³-hybridized carbons (Fsp3) is 0.842. The molecule has 0 saturated heterocycles. The van der Waals surface area contributed by atoms with Crippen LogP contribution in [-0.4, -0.2) is 23.0 Å². The minimum absolute atomic E-state index is 0.0433. The molecule has 0 amide bonds. The van der Waals surface area contributed by atoms with E-state index in [2.05, 4.69) is 11.7 Å². The van der Waals surface area contributed by atoms with Crippen molar-refractivity contribution in [1.29, 1.82) is 0 Å². The van der Waals surface area contributed by atoms with E-state index in [9.17, 15) is 14.4 Å². The molecule has 0 aromatic carbocycles. The van der Waals surface area contributed by atoms with E-state index in [1.54, 1.807) is 0 Å². The Morgan fingerprint density at radius 2 is 1.33 bits per heavy atom. The van der Waals surface area contributed by atoms with Gasteiger partial charge in [0.15, 0.2) is 0 Å². The smallest absolute Gasteiger partial charge is 0.316 e. The number of aliphatic carboxylic acids is 1. The van der Waals surface area contributed by atoms with E-state index in [4.69, 9.17) is 5.11 Å². The van der Waals surface area contributed by atoms with Gasteiger partial charge >= 0.3 is 17.9 Å². The van der Waals surface area contributed by atoms with E-state index in [1.165, 1.54) is 45.4 Å². The third kappa shape index (κ3) is 14.2. The van der Waals surface area contributed by atoms with E-state index in [0.717, 1.165) is 19.3 Å². The first-order valence-electron chi connectivity index (χ1n) is 9.41. The van der Waals surface area contributed by atoms with Crippen molar-refractivity contribution in [3.8, 4) is 0 Å². The lowest BCUT2D eigenvalue weighted by Crippen LogP contribution is -2.20. The van der Waals surface area contributed by atoms with Crippen LogP contribution in [0.2, 0.25) is 0 Å². The number of carbonyl (C=O) groups is 3. The summed E-state index contributed by atoms with van der Waals surface area (Å²) < 4.78 is 4.68. The number of esters is 2. The summed E-state index contributed by atoms with van der Waals surface area (Å²) in [5, 5.41) is 8.69. The van der Waals surface area contributed by atoms with Crippen molar-refractivity contribution in [1.82, 2.24) is 0 Å². The molecule has 0 fully saturated rings. The topological polar surface area (TPSA) is 80.7 Å². The molecule has 0 heterocycles. The van der Waals surface area contributed by atoms with Crippen LogP contribution in [0, 0.1) is 5.92 Å². The van der Waals surface area contributed by atoms with Crippen molar-refractivity contribution in [2.24, 2.45) is 5.92 Å². The van der Waals surface area contributed by atoms with Gasteiger partial charge in [-0.25, -0.2) is 0 Å². The minimum atomic E-state index is -0.864. The third-order valence-electron chi connectivity index (χ3n) is 4.18. The van der Waals surface area contributed by atoms with Gasteiger partial charge in [-0.05, 0) is 19.3 Å². The Bertz CT molecular complexity index is 365. The Morgan fingerprint density at radius 1 is 0.833 bits per heavy atom. The molecule has 1 N–H and O–H groups in total. The number of carboxylic acids is 1. The Kier molecular flexibility index (Phi) is 14.3. The highest BCUT2D eigenvalue weighted by Crippen LogP contribution is 2.20. The number of ether oxygens (including phenoxy) is 1. The van der Waals surface area contributed by atoms with E-state index >= 15 is 0 Å². The lowest BCUT2D eigenvalue weighted by Gasteiger charge is -2.14. The van der Waals surface area contributed by atoms with Gasteiger partial charge in [0.25, 0.3) is 0 Å². The number of carboxylic acid groups (broad SMARTS) is 1. The Labute approximate surface area is 146 Å². The van der Waals surface area contributed by atoms with Crippen LogP contribution < -0.4 is 0 Å². The lowest BCUT2D eigenvalue weighted by atomic mass is 9.95. The highest BCUT2D eigenvalue weighted by molar-refractivity contribution is 5.85. The second-order valence-electron chi connectivity index (χ2n) is 6.51. The number of carbonyl (C=O) groups excluding carboxylic acids is 2. The second kappa shape index (κ2) is 15.2. The third-order valence-corrected chi connectivity index (χ3v) is 4.18. The van der Waals surface area contributed by atoms with Crippen molar-refractivity contribution >= 4 is 17.9 Å². The van der Waals surface area contributed by atoms with Gasteiger partial charge in [-0.2, -0.15) is 0 Å². The summed E-state index contributed by atoms with van der Waals surface area (Å²) in [6.07, 6.45) is 12.5. The molecule has 5 nitrogen and oxygen atoms in total. The molecule has 0 bridgehead atoms.